The summed E-state index contributed by atoms with van der Waals surface area (Å²) in [5.74, 6) is 0.575. The molecule has 20 heavy (non-hydrogen) atoms. The highest BCUT2D eigenvalue weighted by atomic mass is 14.7. The SMILES string of the molecule is CC(C)c1ccc2c(ccc3[nH]c(C(C)(C)C)cc32)c1. The van der Waals surface area contributed by atoms with Gasteiger partial charge in [0.2, 0.25) is 0 Å². The average molecular weight is 265 g/mol. The summed E-state index contributed by atoms with van der Waals surface area (Å²) in [6.45, 7) is 11.2. The molecule has 0 unspecified atom stereocenters. The first-order valence-electron chi connectivity index (χ1n) is 7.42. The minimum absolute atomic E-state index is 0.156. The van der Waals surface area contributed by atoms with Crippen LogP contribution in [0.1, 0.15) is 51.8 Å². The van der Waals surface area contributed by atoms with Crippen molar-refractivity contribution in [1.29, 1.82) is 0 Å². The van der Waals surface area contributed by atoms with Gasteiger partial charge in [0.15, 0.2) is 0 Å². The summed E-state index contributed by atoms with van der Waals surface area (Å²) >= 11 is 0. The molecule has 1 aromatic heterocycles. The lowest BCUT2D eigenvalue weighted by atomic mass is 9.92. The normalized spacial score (nSPS) is 12.7. The summed E-state index contributed by atoms with van der Waals surface area (Å²) < 4.78 is 0. The van der Waals surface area contributed by atoms with Crippen molar-refractivity contribution in [1.82, 2.24) is 4.98 Å². The van der Waals surface area contributed by atoms with Gasteiger partial charge in [0.1, 0.15) is 0 Å². The molecule has 0 fully saturated rings. The molecule has 0 atom stereocenters. The Morgan fingerprint density at radius 2 is 1.65 bits per heavy atom. The molecule has 0 aliphatic heterocycles. The smallest absolute Gasteiger partial charge is 0.0462 e. The lowest BCUT2D eigenvalue weighted by Crippen LogP contribution is -2.10. The molecule has 3 aromatic rings. The van der Waals surface area contributed by atoms with E-state index < -0.39 is 0 Å². The van der Waals surface area contributed by atoms with Gasteiger partial charge < -0.3 is 4.98 Å². The third kappa shape index (κ3) is 2.11. The van der Waals surface area contributed by atoms with Crippen molar-refractivity contribution in [3.8, 4) is 0 Å². The van der Waals surface area contributed by atoms with Crippen LogP contribution in [0.2, 0.25) is 0 Å². The Kier molecular flexibility index (Phi) is 2.89. The van der Waals surface area contributed by atoms with Crippen molar-refractivity contribution in [2.75, 3.05) is 0 Å². The van der Waals surface area contributed by atoms with E-state index in [1.54, 1.807) is 0 Å². The van der Waals surface area contributed by atoms with Crippen LogP contribution in [-0.2, 0) is 5.41 Å². The van der Waals surface area contributed by atoms with E-state index in [1.165, 1.54) is 32.9 Å². The second-order valence-corrected chi connectivity index (χ2v) is 7.10. The van der Waals surface area contributed by atoms with Crippen molar-refractivity contribution < 1.29 is 0 Å². The minimum atomic E-state index is 0.156. The zero-order valence-electron chi connectivity index (χ0n) is 13.0. The first-order valence-corrected chi connectivity index (χ1v) is 7.42. The van der Waals surface area contributed by atoms with Crippen molar-refractivity contribution in [2.24, 2.45) is 0 Å². The van der Waals surface area contributed by atoms with Crippen molar-refractivity contribution in [2.45, 2.75) is 46.0 Å². The number of aromatic amines is 1. The van der Waals surface area contributed by atoms with Gasteiger partial charge >= 0.3 is 0 Å². The summed E-state index contributed by atoms with van der Waals surface area (Å²) in [6.07, 6.45) is 0. The van der Waals surface area contributed by atoms with Crippen molar-refractivity contribution in [3.63, 3.8) is 0 Å². The fourth-order valence-electron chi connectivity index (χ4n) is 2.73. The number of nitrogens with one attached hydrogen (secondary N) is 1. The third-order valence-corrected chi connectivity index (χ3v) is 4.12. The van der Waals surface area contributed by atoms with E-state index in [0.29, 0.717) is 5.92 Å². The van der Waals surface area contributed by atoms with Crippen LogP contribution in [0.3, 0.4) is 0 Å². The van der Waals surface area contributed by atoms with Crippen LogP contribution >= 0.6 is 0 Å². The maximum Gasteiger partial charge on any atom is 0.0462 e. The number of rotatable bonds is 1. The van der Waals surface area contributed by atoms with Gasteiger partial charge in [-0.05, 0) is 34.4 Å². The number of H-pyrrole nitrogens is 1. The van der Waals surface area contributed by atoms with Crippen LogP contribution in [0.15, 0.2) is 36.4 Å². The number of benzene rings is 2. The molecule has 1 heteroatoms. The highest BCUT2D eigenvalue weighted by molar-refractivity contribution is 6.07. The molecule has 0 aliphatic rings. The van der Waals surface area contributed by atoms with Crippen LogP contribution in [0.5, 0.6) is 0 Å². The predicted octanol–water partition coefficient (Wildman–Crippen LogP) is 5.74. The van der Waals surface area contributed by atoms with Crippen LogP contribution < -0.4 is 0 Å². The average Bonchev–Trinajstić information content (AvgIpc) is 2.82. The number of fused-ring (bicyclic) bond motifs is 3. The molecular weight excluding hydrogens is 242 g/mol. The first-order chi connectivity index (χ1) is 9.36. The maximum atomic E-state index is 3.57. The minimum Gasteiger partial charge on any atom is -0.358 e. The molecule has 2 aromatic carbocycles. The van der Waals surface area contributed by atoms with Gasteiger partial charge in [-0.2, -0.15) is 0 Å². The summed E-state index contributed by atoms with van der Waals surface area (Å²) in [5, 5.41) is 4.02. The van der Waals surface area contributed by atoms with E-state index in [2.05, 4.69) is 76.0 Å². The summed E-state index contributed by atoms with van der Waals surface area (Å²) in [7, 11) is 0. The Hall–Kier alpha value is -1.76. The van der Waals surface area contributed by atoms with E-state index in [0.717, 1.165) is 0 Å². The van der Waals surface area contributed by atoms with Gasteiger partial charge in [-0.1, -0.05) is 58.9 Å². The van der Waals surface area contributed by atoms with E-state index in [1.807, 2.05) is 0 Å². The topological polar surface area (TPSA) is 15.8 Å². The van der Waals surface area contributed by atoms with E-state index in [-0.39, 0.29) is 5.41 Å². The molecule has 0 amide bonds. The van der Waals surface area contributed by atoms with Gasteiger partial charge in [-0.15, -0.1) is 0 Å². The monoisotopic (exact) mass is 265 g/mol. The lowest BCUT2D eigenvalue weighted by Gasteiger charge is -2.15. The molecule has 3 rings (SSSR count). The lowest BCUT2D eigenvalue weighted by molar-refractivity contribution is 0.574. The Balaban J connectivity index is 2.27. The Bertz CT molecular complexity index is 769. The van der Waals surface area contributed by atoms with Crippen LogP contribution in [0, 0.1) is 0 Å². The molecule has 1 nitrogen and oxygen atoms in total. The molecule has 0 saturated heterocycles. The highest BCUT2D eigenvalue weighted by Gasteiger charge is 2.17. The van der Waals surface area contributed by atoms with Gasteiger partial charge in [-0.25, -0.2) is 0 Å². The zero-order valence-corrected chi connectivity index (χ0v) is 13.0. The standard InChI is InChI=1S/C19H23N/c1-12(2)13-6-8-15-14(10-13)7-9-17-16(15)11-18(20-17)19(3,4)5/h6-12,20H,1-5H3. The zero-order chi connectivity index (χ0) is 14.5. The Morgan fingerprint density at radius 3 is 2.30 bits per heavy atom. The summed E-state index contributed by atoms with van der Waals surface area (Å²) in [5.41, 5.74) is 4.10. The first kappa shape index (κ1) is 13.2. The molecular formula is C19H23N. The van der Waals surface area contributed by atoms with E-state index in [4.69, 9.17) is 0 Å². The molecule has 104 valence electrons. The van der Waals surface area contributed by atoms with Crippen molar-refractivity contribution in [3.05, 3.63) is 47.7 Å². The van der Waals surface area contributed by atoms with Crippen LogP contribution in [0.25, 0.3) is 21.7 Å². The molecule has 0 bridgehead atoms. The maximum absolute atomic E-state index is 3.57. The van der Waals surface area contributed by atoms with E-state index >= 15 is 0 Å². The molecule has 0 saturated carbocycles. The number of hydrogen-bond acceptors (Lipinski definition) is 0. The second kappa shape index (κ2) is 4.37. The van der Waals surface area contributed by atoms with Gasteiger partial charge in [0.05, 0.1) is 0 Å². The van der Waals surface area contributed by atoms with E-state index in [9.17, 15) is 0 Å². The summed E-state index contributed by atoms with van der Waals surface area (Å²) in [4.78, 5) is 3.57. The fraction of sp³-hybridized carbons (Fsp3) is 0.368. The number of aromatic nitrogens is 1. The molecule has 1 heterocycles. The Labute approximate surface area is 121 Å². The molecule has 0 radical (unpaired) electrons. The second-order valence-electron chi connectivity index (χ2n) is 7.10. The van der Waals surface area contributed by atoms with Crippen LogP contribution in [0.4, 0.5) is 0 Å². The molecule has 0 spiro atoms. The predicted molar refractivity (Wildman–Crippen MR) is 88.6 cm³/mol. The Morgan fingerprint density at radius 1 is 0.900 bits per heavy atom. The fourth-order valence-corrected chi connectivity index (χ4v) is 2.73. The van der Waals surface area contributed by atoms with Gasteiger partial charge in [0.25, 0.3) is 0 Å². The van der Waals surface area contributed by atoms with Crippen LogP contribution in [-0.4, -0.2) is 4.98 Å². The van der Waals surface area contributed by atoms with Crippen molar-refractivity contribution >= 4 is 21.7 Å². The van der Waals surface area contributed by atoms with Gasteiger partial charge in [-0.3, -0.25) is 0 Å². The molecule has 1 N–H and O–H groups in total. The summed E-state index contributed by atoms with van der Waals surface area (Å²) in [6, 6.07) is 13.6. The number of hydrogen-bond donors (Lipinski definition) is 1. The quantitative estimate of drug-likeness (QED) is 0.577. The largest absolute Gasteiger partial charge is 0.358 e. The highest BCUT2D eigenvalue weighted by Crippen LogP contribution is 2.32. The molecule has 0 aliphatic carbocycles. The van der Waals surface area contributed by atoms with Gasteiger partial charge in [0, 0.05) is 22.0 Å². The third-order valence-electron chi connectivity index (χ3n) is 4.12.